The van der Waals surface area contributed by atoms with Crippen molar-refractivity contribution < 1.29 is 10.3 Å². The van der Waals surface area contributed by atoms with Crippen molar-refractivity contribution >= 4 is 5.84 Å². The first kappa shape index (κ1) is 15.3. The first-order chi connectivity index (χ1) is 8.48. The Morgan fingerprint density at radius 1 is 1.00 bits per heavy atom. The van der Waals surface area contributed by atoms with E-state index in [0.717, 1.165) is 11.1 Å². The van der Waals surface area contributed by atoms with Gasteiger partial charge in [-0.1, -0.05) is 46.7 Å². The molecule has 1 aromatic rings. The molecule has 19 heavy (non-hydrogen) atoms. The number of phenolic OH excluding ortho intramolecular Hbond substituents is 1. The maximum absolute atomic E-state index is 10.5. The minimum Gasteiger partial charge on any atom is -0.507 e. The van der Waals surface area contributed by atoms with Crippen molar-refractivity contribution in [1.82, 2.24) is 0 Å². The van der Waals surface area contributed by atoms with E-state index in [1.54, 1.807) is 12.1 Å². The van der Waals surface area contributed by atoms with Crippen LogP contribution in [0.2, 0.25) is 0 Å². The highest BCUT2D eigenvalue weighted by atomic mass is 16.4. The van der Waals surface area contributed by atoms with E-state index >= 15 is 0 Å². The number of amidine groups is 1. The van der Waals surface area contributed by atoms with E-state index in [-0.39, 0.29) is 22.4 Å². The molecule has 0 aliphatic carbocycles. The van der Waals surface area contributed by atoms with Gasteiger partial charge in [-0.3, -0.25) is 0 Å². The summed E-state index contributed by atoms with van der Waals surface area (Å²) in [7, 11) is 0. The Morgan fingerprint density at radius 3 is 1.63 bits per heavy atom. The summed E-state index contributed by atoms with van der Waals surface area (Å²) in [5.74, 6) is 0.338. The van der Waals surface area contributed by atoms with Crippen molar-refractivity contribution in [2.24, 2.45) is 10.9 Å². The van der Waals surface area contributed by atoms with Crippen LogP contribution >= 0.6 is 0 Å². The van der Waals surface area contributed by atoms with Crippen LogP contribution < -0.4 is 5.73 Å². The highest BCUT2D eigenvalue weighted by Gasteiger charge is 2.27. The number of rotatable bonds is 1. The first-order valence-electron chi connectivity index (χ1n) is 6.34. The molecule has 0 fully saturated rings. The van der Waals surface area contributed by atoms with E-state index in [2.05, 4.69) is 5.16 Å². The summed E-state index contributed by atoms with van der Waals surface area (Å²) in [6.45, 7) is 12.1. The number of oxime groups is 1. The lowest BCUT2D eigenvalue weighted by Crippen LogP contribution is -2.21. The van der Waals surface area contributed by atoms with Crippen LogP contribution in [-0.2, 0) is 10.8 Å². The molecule has 0 saturated heterocycles. The molecular weight excluding hydrogens is 240 g/mol. The molecule has 0 radical (unpaired) electrons. The fourth-order valence-electron chi connectivity index (χ4n) is 1.98. The molecule has 0 unspecified atom stereocenters. The van der Waals surface area contributed by atoms with Gasteiger partial charge >= 0.3 is 0 Å². The third-order valence-electron chi connectivity index (χ3n) is 3.13. The zero-order valence-corrected chi connectivity index (χ0v) is 12.6. The van der Waals surface area contributed by atoms with Crippen LogP contribution in [0.25, 0.3) is 0 Å². The van der Waals surface area contributed by atoms with Crippen molar-refractivity contribution in [2.75, 3.05) is 0 Å². The third-order valence-corrected chi connectivity index (χ3v) is 3.13. The summed E-state index contributed by atoms with van der Waals surface area (Å²) in [4.78, 5) is 0. The molecule has 1 rings (SSSR count). The van der Waals surface area contributed by atoms with E-state index in [9.17, 15) is 5.11 Å². The minimum absolute atomic E-state index is 0.0519. The minimum atomic E-state index is -0.226. The zero-order valence-electron chi connectivity index (χ0n) is 12.6. The van der Waals surface area contributed by atoms with Crippen LogP contribution in [0.1, 0.15) is 58.2 Å². The Bertz CT molecular complexity index is 471. The molecule has 0 aliphatic rings. The molecule has 4 heteroatoms. The standard InChI is InChI=1S/C15H24N2O2/c1-14(2,3)10-7-9(13(16)17-19)8-11(12(10)18)15(4,5)6/h7-8,18-19H,1-6H3,(H2,16,17). The van der Waals surface area contributed by atoms with Crippen molar-refractivity contribution in [3.8, 4) is 5.75 Å². The maximum atomic E-state index is 10.5. The van der Waals surface area contributed by atoms with Crippen LogP contribution in [-0.4, -0.2) is 16.1 Å². The Balaban J connectivity index is 3.67. The van der Waals surface area contributed by atoms with Gasteiger partial charge in [-0.25, -0.2) is 0 Å². The van der Waals surface area contributed by atoms with Crippen molar-refractivity contribution in [3.63, 3.8) is 0 Å². The Hall–Kier alpha value is -1.71. The van der Waals surface area contributed by atoms with Gasteiger partial charge in [0.15, 0.2) is 5.84 Å². The second-order valence-corrected chi connectivity index (χ2v) is 6.91. The zero-order chi connectivity index (χ0) is 15.0. The first-order valence-corrected chi connectivity index (χ1v) is 6.34. The lowest BCUT2D eigenvalue weighted by atomic mass is 9.78. The van der Waals surface area contributed by atoms with E-state index < -0.39 is 0 Å². The van der Waals surface area contributed by atoms with E-state index in [0.29, 0.717) is 5.56 Å². The van der Waals surface area contributed by atoms with Crippen LogP contribution in [0.5, 0.6) is 5.75 Å². The molecule has 0 saturated carbocycles. The maximum Gasteiger partial charge on any atom is 0.170 e. The molecule has 0 heterocycles. The number of phenols is 1. The van der Waals surface area contributed by atoms with Gasteiger partial charge in [0.05, 0.1) is 0 Å². The Morgan fingerprint density at radius 2 is 1.37 bits per heavy atom. The summed E-state index contributed by atoms with van der Waals surface area (Å²) >= 11 is 0. The molecule has 0 bridgehead atoms. The van der Waals surface area contributed by atoms with E-state index in [1.807, 2.05) is 41.5 Å². The molecule has 0 atom stereocenters. The second kappa shape index (κ2) is 4.76. The van der Waals surface area contributed by atoms with Gasteiger partial charge < -0.3 is 16.0 Å². The fraction of sp³-hybridized carbons (Fsp3) is 0.533. The molecule has 1 aromatic carbocycles. The van der Waals surface area contributed by atoms with E-state index in [1.165, 1.54) is 0 Å². The number of benzene rings is 1. The number of hydrogen-bond acceptors (Lipinski definition) is 3. The van der Waals surface area contributed by atoms with Gasteiger partial charge in [-0.2, -0.15) is 0 Å². The number of nitrogens with two attached hydrogens (primary N) is 1. The van der Waals surface area contributed by atoms with Crippen molar-refractivity contribution in [1.29, 1.82) is 0 Å². The molecule has 106 valence electrons. The summed E-state index contributed by atoms with van der Waals surface area (Å²) in [6, 6.07) is 3.55. The molecule has 0 amide bonds. The fourth-order valence-corrected chi connectivity index (χ4v) is 1.98. The number of hydrogen-bond donors (Lipinski definition) is 3. The topological polar surface area (TPSA) is 78.8 Å². The van der Waals surface area contributed by atoms with Crippen LogP contribution in [0.15, 0.2) is 17.3 Å². The number of nitrogens with zero attached hydrogens (tertiary/aromatic N) is 1. The molecule has 4 nitrogen and oxygen atoms in total. The largest absolute Gasteiger partial charge is 0.507 e. The van der Waals surface area contributed by atoms with Crippen LogP contribution in [0.4, 0.5) is 0 Å². The van der Waals surface area contributed by atoms with Gasteiger partial charge in [0.2, 0.25) is 0 Å². The van der Waals surface area contributed by atoms with Gasteiger partial charge in [-0.05, 0) is 23.0 Å². The average molecular weight is 264 g/mol. The Kier molecular flexibility index (Phi) is 3.84. The predicted molar refractivity (Wildman–Crippen MR) is 78.0 cm³/mol. The average Bonchev–Trinajstić information content (AvgIpc) is 2.25. The summed E-state index contributed by atoms with van der Waals surface area (Å²) < 4.78 is 0. The second-order valence-electron chi connectivity index (χ2n) is 6.91. The van der Waals surface area contributed by atoms with Crippen molar-refractivity contribution in [2.45, 2.75) is 52.4 Å². The van der Waals surface area contributed by atoms with Crippen LogP contribution in [0.3, 0.4) is 0 Å². The quantitative estimate of drug-likeness (QED) is 0.315. The van der Waals surface area contributed by atoms with Gasteiger partial charge in [-0.15, -0.1) is 0 Å². The Labute approximate surface area is 114 Å². The molecule has 4 N–H and O–H groups in total. The van der Waals surface area contributed by atoms with Gasteiger partial charge in [0.1, 0.15) is 5.75 Å². The van der Waals surface area contributed by atoms with Crippen LogP contribution in [0, 0.1) is 0 Å². The van der Waals surface area contributed by atoms with Gasteiger partial charge in [0, 0.05) is 16.7 Å². The highest BCUT2D eigenvalue weighted by molar-refractivity contribution is 5.97. The monoisotopic (exact) mass is 264 g/mol. The van der Waals surface area contributed by atoms with Crippen molar-refractivity contribution in [3.05, 3.63) is 28.8 Å². The highest BCUT2D eigenvalue weighted by Crippen LogP contribution is 2.39. The lowest BCUT2D eigenvalue weighted by Gasteiger charge is -2.28. The SMILES string of the molecule is CC(C)(C)c1cc(/C(N)=N/O)cc(C(C)(C)C)c1O. The molecule has 0 aliphatic heterocycles. The smallest absolute Gasteiger partial charge is 0.170 e. The summed E-state index contributed by atoms with van der Waals surface area (Å²) in [5, 5.41) is 22.4. The van der Waals surface area contributed by atoms with E-state index in [4.69, 9.17) is 10.9 Å². The van der Waals surface area contributed by atoms with Gasteiger partial charge in [0.25, 0.3) is 0 Å². The molecular formula is C15H24N2O2. The lowest BCUT2D eigenvalue weighted by molar-refractivity contribution is 0.318. The molecule has 0 aromatic heterocycles. The number of aromatic hydroxyl groups is 1. The summed E-state index contributed by atoms with van der Waals surface area (Å²) in [5.41, 5.74) is 7.44. The normalized spacial score (nSPS) is 13.7. The third kappa shape index (κ3) is 3.19. The molecule has 0 spiro atoms. The predicted octanol–water partition coefficient (Wildman–Crippen LogP) is 3.08. The summed E-state index contributed by atoms with van der Waals surface area (Å²) in [6.07, 6.45) is 0.